The number of benzene rings is 1. The molecule has 0 aliphatic rings. The van der Waals surface area contributed by atoms with Gasteiger partial charge in [-0.1, -0.05) is 36.9 Å². The molecule has 1 aromatic carbocycles. The summed E-state index contributed by atoms with van der Waals surface area (Å²) in [4.78, 5) is 3.29. The topological polar surface area (TPSA) is 28.8 Å². The SMILES string of the molecule is [C-]#[N+]C(=NNC)c1ccccc1. The zero-order valence-corrected chi connectivity index (χ0v) is 6.78. The summed E-state index contributed by atoms with van der Waals surface area (Å²) in [6.07, 6.45) is 0. The molecular weight excluding hydrogens is 150 g/mol. The van der Waals surface area contributed by atoms with E-state index in [1.54, 1.807) is 7.05 Å². The van der Waals surface area contributed by atoms with E-state index in [4.69, 9.17) is 6.57 Å². The van der Waals surface area contributed by atoms with Crippen LogP contribution in [0.5, 0.6) is 0 Å². The Morgan fingerprint density at radius 2 is 2.08 bits per heavy atom. The van der Waals surface area contributed by atoms with Gasteiger partial charge in [-0.05, 0) is 5.10 Å². The van der Waals surface area contributed by atoms with Crippen LogP contribution in [-0.2, 0) is 0 Å². The highest BCUT2D eigenvalue weighted by Gasteiger charge is 1.99. The van der Waals surface area contributed by atoms with Gasteiger partial charge in [0, 0.05) is 12.6 Å². The molecular formula is C9H9N3. The van der Waals surface area contributed by atoms with Gasteiger partial charge in [-0.25, -0.2) is 5.43 Å². The van der Waals surface area contributed by atoms with Gasteiger partial charge in [-0.2, -0.15) is 0 Å². The Labute approximate surface area is 71.5 Å². The number of hydrazone groups is 1. The fourth-order valence-electron chi connectivity index (χ4n) is 0.847. The van der Waals surface area contributed by atoms with Crippen LogP contribution in [0.4, 0.5) is 0 Å². The number of hydrogen-bond acceptors (Lipinski definition) is 2. The van der Waals surface area contributed by atoms with E-state index in [2.05, 4.69) is 15.4 Å². The van der Waals surface area contributed by atoms with E-state index in [1.807, 2.05) is 30.3 Å². The minimum absolute atomic E-state index is 0.387. The van der Waals surface area contributed by atoms with E-state index in [9.17, 15) is 0 Å². The normalized spacial score (nSPS) is 10.5. The summed E-state index contributed by atoms with van der Waals surface area (Å²) in [5, 5.41) is 3.83. The Balaban J connectivity index is 2.98. The van der Waals surface area contributed by atoms with Crippen LogP contribution in [0, 0.1) is 6.57 Å². The average molecular weight is 159 g/mol. The molecule has 0 saturated heterocycles. The highest BCUT2D eigenvalue weighted by atomic mass is 15.3. The van der Waals surface area contributed by atoms with Crippen molar-refractivity contribution in [1.82, 2.24) is 5.43 Å². The molecule has 60 valence electrons. The first-order valence-corrected chi connectivity index (χ1v) is 3.56. The molecule has 0 bridgehead atoms. The third kappa shape index (κ3) is 1.83. The molecule has 3 heteroatoms. The van der Waals surface area contributed by atoms with E-state index in [0.29, 0.717) is 5.84 Å². The minimum atomic E-state index is 0.387. The first-order chi connectivity index (χ1) is 5.88. The van der Waals surface area contributed by atoms with Crippen molar-refractivity contribution >= 4 is 5.84 Å². The van der Waals surface area contributed by atoms with Gasteiger partial charge in [0.1, 0.15) is 0 Å². The van der Waals surface area contributed by atoms with Gasteiger partial charge < -0.3 is 4.85 Å². The molecule has 0 unspecified atom stereocenters. The third-order valence-electron chi connectivity index (χ3n) is 1.36. The van der Waals surface area contributed by atoms with Crippen LogP contribution >= 0.6 is 0 Å². The molecule has 3 nitrogen and oxygen atoms in total. The van der Waals surface area contributed by atoms with Crippen molar-refractivity contribution in [1.29, 1.82) is 0 Å². The number of nitrogens with one attached hydrogen (secondary N) is 1. The lowest BCUT2D eigenvalue weighted by Crippen LogP contribution is -2.02. The first-order valence-electron chi connectivity index (χ1n) is 3.56. The smallest absolute Gasteiger partial charge is 0.300 e. The predicted molar refractivity (Wildman–Crippen MR) is 48.6 cm³/mol. The van der Waals surface area contributed by atoms with Crippen molar-refractivity contribution in [3.63, 3.8) is 0 Å². The third-order valence-corrected chi connectivity index (χ3v) is 1.36. The molecule has 0 radical (unpaired) electrons. The van der Waals surface area contributed by atoms with Crippen molar-refractivity contribution in [3.05, 3.63) is 47.3 Å². The van der Waals surface area contributed by atoms with Crippen molar-refractivity contribution in [2.45, 2.75) is 0 Å². The second kappa shape index (κ2) is 4.14. The van der Waals surface area contributed by atoms with Crippen LogP contribution in [0.2, 0.25) is 0 Å². The Kier molecular flexibility index (Phi) is 2.86. The van der Waals surface area contributed by atoms with Gasteiger partial charge in [0.2, 0.25) is 0 Å². The zero-order chi connectivity index (χ0) is 8.81. The monoisotopic (exact) mass is 159 g/mol. The fraction of sp³-hybridized carbons (Fsp3) is 0.111. The van der Waals surface area contributed by atoms with E-state index in [0.717, 1.165) is 5.56 Å². The maximum absolute atomic E-state index is 6.85. The summed E-state index contributed by atoms with van der Waals surface area (Å²) >= 11 is 0. The van der Waals surface area contributed by atoms with Crippen LogP contribution in [-0.4, -0.2) is 12.9 Å². The minimum Gasteiger partial charge on any atom is -0.358 e. The van der Waals surface area contributed by atoms with E-state index >= 15 is 0 Å². The molecule has 0 aliphatic carbocycles. The molecule has 0 aliphatic heterocycles. The van der Waals surface area contributed by atoms with Crippen LogP contribution in [0.1, 0.15) is 5.56 Å². The number of nitrogens with zero attached hydrogens (tertiary/aromatic N) is 2. The standard InChI is InChI=1S/C9H9N3/c1-10-9(12-11-2)8-6-4-3-5-7-8/h3-7,11H,2H3. The van der Waals surface area contributed by atoms with Crippen LogP contribution in [0.3, 0.4) is 0 Å². The molecule has 0 saturated carbocycles. The van der Waals surface area contributed by atoms with Crippen LogP contribution < -0.4 is 5.43 Å². The summed E-state index contributed by atoms with van der Waals surface area (Å²) in [6.45, 7) is 6.85. The lowest BCUT2D eigenvalue weighted by atomic mass is 10.2. The Hall–Kier alpha value is -1.82. The van der Waals surface area contributed by atoms with E-state index < -0.39 is 0 Å². The number of hydrogen-bond donors (Lipinski definition) is 1. The maximum atomic E-state index is 6.85. The highest BCUT2D eigenvalue weighted by molar-refractivity contribution is 6.05. The highest BCUT2D eigenvalue weighted by Crippen LogP contribution is 2.01. The molecule has 0 spiro atoms. The molecule has 0 amide bonds. The second-order valence-corrected chi connectivity index (χ2v) is 2.14. The van der Waals surface area contributed by atoms with Gasteiger partial charge >= 0.3 is 0 Å². The van der Waals surface area contributed by atoms with Crippen molar-refractivity contribution in [2.75, 3.05) is 7.05 Å². The van der Waals surface area contributed by atoms with E-state index in [-0.39, 0.29) is 0 Å². The molecule has 12 heavy (non-hydrogen) atoms. The Bertz CT molecular complexity index is 308. The van der Waals surface area contributed by atoms with Crippen molar-refractivity contribution in [2.24, 2.45) is 5.10 Å². The van der Waals surface area contributed by atoms with Gasteiger partial charge in [0.15, 0.2) is 0 Å². The summed E-state index contributed by atoms with van der Waals surface area (Å²) in [5.41, 5.74) is 3.43. The van der Waals surface area contributed by atoms with Crippen LogP contribution in [0.25, 0.3) is 4.85 Å². The maximum Gasteiger partial charge on any atom is 0.300 e. The largest absolute Gasteiger partial charge is 0.358 e. The fourth-order valence-corrected chi connectivity index (χ4v) is 0.847. The number of amidine groups is 1. The Morgan fingerprint density at radius 1 is 1.42 bits per heavy atom. The summed E-state index contributed by atoms with van der Waals surface area (Å²) in [6, 6.07) is 9.38. The first kappa shape index (κ1) is 8.28. The summed E-state index contributed by atoms with van der Waals surface area (Å²) in [7, 11) is 1.67. The van der Waals surface area contributed by atoms with Gasteiger partial charge in [-0.3, -0.25) is 0 Å². The molecule has 0 aromatic heterocycles. The van der Waals surface area contributed by atoms with Crippen molar-refractivity contribution < 1.29 is 0 Å². The predicted octanol–water partition coefficient (Wildman–Crippen LogP) is 1.49. The average Bonchev–Trinajstić information content (AvgIpc) is 2.15. The Morgan fingerprint density at radius 3 is 2.58 bits per heavy atom. The quantitative estimate of drug-likeness (QED) is 0.301. The molecule has 1 N–H and O–H groups in total. The number of rotatable bonds is 2. The van der Waals surface area contributed by atoms with Gasteiger partial charge in [0.05, 0.1) is 0 Å². The second-order valence-electron chi connectivity index (χ2n) is 2.14. The van der Waals surface area contributed by atoms with Crippen molar-refractivity contribution in [3.8, 4) is 0 Å². The van der Waals surface area contributed by atoms with E-state index in [1.165, 1.54) is 0 Å². The lowest BCUT2D eigenvalue weighted by molar-refractivity contribution is 0.902. The molecule has 1 rings (SSSR count). The molecule has 0 fully saturated rings. The summed E-state index contributed by atoms with van der Waals surface area (Å²) in [5.74, 6) is 0.387. The van der Waals surface area contributed by atoms with Gasteiger partial charge in [-0.15, -0.1) is 0 Å². The summed E-state index contributed by atoms with van der Waals surface area (Å²) < 4.78 is 0. The van der Waals surface area contributed by atoms with Gasteiger partial charge in [0.25, 0.3) is 5.84 Å². The molecule has 0 heterocycles. The van der Waals surface area contributed by atoms with Crippen LogP contribution in [0.15, 0.2) is 35.4 Å². The lowest BCUT2D eigenvalue weighted by Gasteiger charge is -1.94. The molecule has 0 atom stereocenters. The molecule has 1 aromatic rings. The zero-order valence-electron chi connectivity index (χ0n) is 6.78.